The second kappa shape index (κ2) is 10.9. The number of ether oxygens (including phenoxy) is 1. The minimum Gasteiger partial charge on any atom is -0.508 e. The Balaban J connectivity index is 1.75. The van der Waals surface area contributed by atoms with E-state index in [1.807, 2.05) is 0 Å². The van der Waals surface area contributed by atoms with Crippen LogP contribution in [0.5, 0.6) is 5.75 Å². The molecule has 5 rings (SSSR count). The second-order valence-electron chi connectivity index (χ2n) is 11.2. The molecule has 0 saturated heterocycles. The Kier molecular flexibility index (Phi) is 7.59. The minimum atomic E-state index is -3.15. The number of primary amides is 1. The van der Waals surface area contributed by atoms with Gasteiger partial charge in [-0.25, -0.2) is 4.79 Å². The first-order valence-electron chi connectivity index (χ1n) is 13.4. The number of Topliss-reactive ketones (excluding diaryl/α,β-unsaturated/α-hetero) is 2. The van der Waals surface area contributed by atoms with Gasteiger partial charge >= 0.3 is 6.09 Å². The van der Waals surface area contributed by atoms with Gasteiger partial charge in [-0.05, 0) is 43.8 Å². The summed E-state index contributed by atoms with van der Waals surface area (Å²) in [7, 11) is 2.76. The number of nitrogens with two attached hydrogens (primary N) is 1. The Morgan fingerprint density at radius 3 is 2.42 bits per heavy atom. The van der Waals surface area contributed by atoms with Crippen LogP contribution in [-0.2, 0) is 19.1 Å². The summed E-state index contributed by atoms with van der Waals surface area (Å²) in [5.74, 6) is -10.4. The SMILES string of the molecule is C[C@H]1c2cccc(O)c2C(O)=C2C(=O)[C@]3(O)C(O)=C(C(N)=O)C(=O)[C@@H](N(C)C)[C@@H]3[C@@H](OC(=O)Nc3ccc(Cl)cc3[N+](=O)[O-])[C@@H]21. The van der Waals surface area contributed by atoms with Gasteiger partial charge in [0.25, 0.3) is 11.6 Å². The lowest BCUT2D eigenvalue weighted by atomic mass is 9.54. The second-order valence-corrected chi connectivity index (χ2v) is 11.6. The number of aromatic hydroxyl groups is 1. The number of rotatable bonds is 5. The smallest absolute Gasteiger partial charge is 0.412 e. The zero-order valence-electron chi connectivity index (χ0n) is 23.8. The molecule has 0 radical (unpaired) electrons. The molecule has 1 fully saturated rings. The van der Waals surface area contributed by atoms with Crippen molar-refractivity contribution < 1.29 is 49.3 Å². The van der Waals surface area contributed by atoms with Crippen LogP contribution in [0.1, 0.15) is 24.0 Å². The van der Waals surface area contributed by atoms with Crippen LogP contribution in [0.3, 0.4) is 0 Å². The normalized spacial score (nSPS) is 27.5. The molecule has 236 valence electrons. The van der Waals surface area contributed by atoms with E-state index in [1.165, 1.54) is 37.2 Å². The largest absolute Gasteiger partial charge is 0.508 e. The van der Waals surface area contributed by atoms with Crippen molar-refractivity contribution in [3.8, 4) is 5.75 Å². The van der Waals surface area contributed by atoms with Crippen molar-refractivity contribution >= 4 is 52.3 Å². The van der Waals surface area contributed by atoms with Gasteiger partial charge < -0.3 is 30.9 Å². The molecule has 2 amide bonds. The molecular weight excluding hydrogens is 616 g/mol. The summed E-state index contributed by atoms with van der Waals surface area (Å²) in [5.41, 5.74) is -0.141. The number of amides is 2. The highest BCUT2D eigenvalue weighted by Gasteiger charge is 2.69. The summed E-state index contributed by atoms with van der Waals surface area (Å²) in [4.78, 5) is 65.7. The number of carbonyl (C=O) groups is 4. The van der Waals surface area contributed by atoms with Gasteiger partial charge in [-0.15, -0.1) is 0 Å². The van der Waals surface area contributed by atoms with Crippen LogP contribution in [0.2, 0.25) is 5.02 Å². The predicted molar refractivity (Wildman–Crippen MR) is 156 cm³/mol. The van der Waals surface area contributed by atoms with Crippen LogP contribution in [0.15, 0.2) is 53.3 Å². The molecule has 7 N–H and O–H groups in total. The lowest BCUT2D eigenvalue weighted by molar-refractivity contribution is -0.383. The lowest BCUT2D eigenvalue weighted by Crippen LogP contribution is -2.71. The fourth-order valence-electron chi connectivity index (χ4n) is 6.71. The van der Waals surface area contributed by atoms with E-state index in [9.17, 15) is 49.7 Å². The molecular formula is C29H27ClN4O11. The van der Waals surface area contributed by atoms with E-state index in [1.54, 1.807) is 13.0 Å². The number of nitro benzene ring substituents is 1. The third-order valence-corrected chi connectivity index (χ3v) is 8.84. The number of carbonyl (C=O) groups excluding carboxylic acids is 4. The van der Waals surface area contributed by atoms with E-state index in [0.717, 1.165) is 12.1 Å². The highest BCUT2D eigenvalue weighted by atomic mass is 35.5. The predicted octanol–water partition coefficient (Wildman–Crippen LogP) is 2.31. The summed E-state index contributed by atoms with van der Waals surface area (Å²) < 4.78 is 5.80. The minimum absolute atomic E-state index is 0.00161. The van der Waals surface area contributed by atoms with Crippen LogP contribution < -0.4 is 11.1 Å². The number of aliphatic hydroxyl groups is 3. The molecule has 16 heteroatoms. The van der Waals surface area contributed by atoms with Crippen molar-refractivity contribution in [2.45, 2.75) is 30.6 Å². The lowest BCUT2D eigenvalue weighted by Gasteiger charge is -2.54. The number of phenols is 1. The Morgan fingerprint density at radius 1 is 1.16 bits per heavy atom. The van der Waals surface area contributed by atoms with E-state index >= 15 is 0 Å². The summed E-state index contributed by atoms with van der Waals surface area (Å²) in [6, 6.07) is 6.07. The van der Waals surface area contributed by atoms with Crippen LogP contribution in [0.4, 0.5) is 16.2 Å². The first-order valence-corrected chi connectivity index (χ1v) is 13.8. The molecule has 2 aromatic carbocycles. The Morgan fingerprint density at radius 2 is 1.82 bits per heavy atom. The average molecular weight is 643 g/mol. The van der Waals surface area contributed by atoms with E-state index in [4.69, 9.17) is 22.1 Å². The average Bonchev–Trinajstić information content (AvgIpc) is 2.95. The Hall–Kier alpha value is -4.99. The maximum atomic E-state index is 14.3. The van der Waals surface area contributed by atoms with Gasteiger partial charge in [-0.1, -0.05) is 30.7 Å². The molecule has 3 aliphatic rings. The Labute approximate surface area is 259 Å². The van der Waals surface area contributed by atoms with Crippen LogP contribution in [0, 0.1) is 22.0 Å². The van der Waals surface area contributed by atoms with Crippen LogP contribution in [-0.4, -0.2) is 85.7 Å². The van der Waals surface area contributed by atoms with Gasteiger partial charge in [0.15, 0.2) is 11.4 Å². The van der Waals surface area contributed by atoms with Crippen molar-refractivity contribution in [3.63, 3.8) is 0 Å². The van der Waals surface area contributed by atoms with Gasteiger partial charge in [0, 0.05) is 22.6 Å². The number of aliphatic hydroxyl groups excluding tert-OH is 2. The number of hydrogen-bond donors (Lipinski definition) is 6. The molecule has 0 aliphatic heterocycles. The molecule has 0 heterocycles. The number of halogens is 1. The number of fused-ring (bicyclic) bond motifs is 3. The summed E-state index contributed by atoms with van der Waals surface area (Å²) in [6.07, 6.45) is -3.06. The number of benzene rings is 2. The molecule has 1 saturated carbocycles. The van der Waals surface area contributed by atoms with Crippen LogP contribution in [0.25, 0.3) is 5.76 Å². The van der Waals surface area contributed by atoms with E-state index < -0.39 is 98.1 Å². The quantitative estimate of drug-likeness (QED) is 0.156. The Bertz CT molecular complexity index is 1770. The molecule has 0 spiro atoms. The maximum Gasteiger partial charge on any atom is 0.412 e. The van der Waals surface area contributed by atoms with Crippen molar-refractivity contribution in [2.75, 3.05) is 19.4 Å². The van der Waals surface area contributed by atoms with Crippen molar-refractivity contribution in [3.05, 3.63) is 79.6 Å². The first kappa shape index (κ1) is 31.4. The summed E-state index contributed by atoms with van der Waals surface area (Å²) in [6.45, 7) is 1.59. The van der Waals surface area contributed by atoms with Gasteiger partial charge in [-0.3, -0.25) is 34.7 Å². The molecule has 0 aromatic heterocycles. The van der Waals surface area contributed by atoms with E-state index in [2.05, 4.69) is 5.32 Å². The molecule has 2 aromatic rings. The number of nitrogens with one attached hydrogen (secondary N) is 1. The van der Waals surface area contributed by atoms with Crippen molar-refractivity contribution in [2.24, 2.45) is 17.6 Å². The summed E-state index contributed by atoms with van der Waals surface area (Å²) in [5, 5.41) is 59.2. The number of phenolic OH excluding ortho intramolecular Hbond substituents is 1. The van der Waals surface area contributed by atoms with Gasteiger partial charge in [-0.2, -0.15) is 0 Å². The molecule has 45 heavy (non-hydrogen) atoms. The zero-order chi connectivity index (χ0) is 33.3. The molecule has 3 aliphatic carbocycles. The fourth-order valence-corrected chi connectivity index (χ4v) is 6.88. The van der Waals surface area contributed by atoms with Gasteiger partial charge in [0.2, 0.25) is 5.78 Å². The van der Waals surface area contributed by atoms with E-state index in [0.29, 0.717) is 5.56 Å². The summed E-state index contributed by atoms with van der Waals surface area (Å²) >= 11 is 5.87. The molecule has 15 nitrogen and oxygen atoms in total. The van der Waals surface area contributed by atoms with Gasteiger partial charge in [0.05, 0.1) is 22.4 Å². The zero-order valence-corrected chi connectivity index (χ0v) is 24.6. The fraction of sp³-hybridized carbons (Fsp3) is 0.310. The number of hydrogen-bond acceptors (Lipinski definition) is 12. The van der Waals surface area contributed by atoms with E-state index in [-0.39, 0.29) is 16.3 Å². The highest BCUT2D eigenvalue weighted by Crippen LogP contribution is 2.57. The number of anilines is 1. The maximum absolute atomic E-state index is 14.3. The molecule has 0 unspecified atom stereocenters. The number of ketones is 2. The topological polar surface area (TPSA) is 243 Å². The number of nitrogens with zero attached hydrogens (tertiary/aromatic N) is 2. The molecule has 6 atom stereocenters. The molecule has 0 bridgehead atoms. The third-order valence-electron chi connectivity index (χ3n) is 8.60. The number of likely N-dealkylation sites (N-methyl/N-ethyl adjacent to an activating group) is 1. The standard InChI is InChI=1S/C29H27ClN4O11/c1-10-12-5-4-6-15(35)17(12)22(36)18-16(10)24(45-28(41)32-13-8-7-11(30)9-14(13)34(43)44)20-21(33(2)3)23(37)19(27(31)40)26(39)29(20,42)25(18)38/h4-10,16,20-21,24,35-36,39,42H,1-3H3,(H2,31,40)(H,32,41)/t10-,16+,20+,21-,24-,29-/m0/s1. The first-order chi connectivity index (χ1) is 21.0. The monoisotopic (exact) mass is 642 g/mol. The van der Waals surface area contributed by atoms with Crippen molar-refractivity contribution in [1.82, 2.24) is 4.90 Å². The van der Waals surface area contributed by atoms with Crippen molar-refractivity contribution in [1.29, 1.82) is 0 Å². The highest BCUT2D eigenvalue weighted by molar-refractivity contribution is 6.31. The third kappa shape index (κ3) is 4.58. The van der Waals surface area contributed by atoms with Crippen LogP contribution >= 0.6 is 11.6 Å². The van der Waals surface area contributed by atoms with Gasteiger partial charge in [0.1, 0.15) is 34.6 Å². The number of nitro groups is 1.